The van der Waals surface area contributed by atoms with Gasteiger partial charge in [-0.3, -0.25) is 0 Å². The van der Waals surface area contributed by atoms with Gasteiger partial charge in [-0.2, -0.15) is 0 Å². The molecule has 3 rings (SSSR count). The van der Waals surface area contributed by atoms with Crippen LogP contribution >= 0.6 is 11.6 Å². The molecule has 29 heavy (non-hydrogen) atoms. The predicted molar refractivity (Wildman–Crippen MR) is 113 cm³/mol. The number of amides is 1. The van der Waals surface area contributed by atoms with Gasteiger partial charge in [0.25, 0.3) is 0 Å². The minimum absolute atomic E-state index is 0.450. The van der Waals surface area contributed by atoms with Crippen LogP contribution in [-0.4, -0.2) is 65.9 Å². The molecule has 0 unspecified atom stereocenters. The molecule has 1 aromatic carbocycles. The van der Waals surface area contributed by atoms with Crippen molar-refractivity contribution in [2.75, 3.05) is 50.1 Å². The topological polar surface area (TPSA) is 90.8 Å². The fourth-order valence-electron chi connectivity index (χ4n) is 3.34. The Morgan fingerprint density at radius 2 is 2.10 bits per heavy atom. The van der Waals surface area contributed by atoms with E-state index in [1.165, 1.54) is 11.2 Å². The molecule has 2 heterocycles. The van der Waals surface area contributed by atoms with Crippen molar-refractivity contribution in [2.45, 2.75) is 12.8 Å². The first-order valence-electron chi connectivity index (χ1n) is 9.65. The summed E-state index contributed by atoms with van der Waals surface area (Å²) in [5, 5.41) is 12.9. The third kappa shape index (κ3) is 6.12. The van der Waals surface area contributed by atoms with Crippen LogP contribution in [0.3, 0.4) is 0 Å². The lowest BCUT2D eigenvalue weighted by Crippen LogP contribution is -2.40. The minimum Gasteiger partial charge on any atom is -0.490 e. The summed E-state index contributed by atoms with van der Waals surface area (Å²) in [5.74, 6) is 2.67. The maximum Gasteiger partial charge on any atom is 0.407 e. The van der Waals surface area contributed by atoms with E-state index in [9.17, 15) is 4.79 Å². The lowest BCUT2D eigenvalue weighted by atomic mass is 9.96. The Balaban J connectivity index is 1.45. The number of likely N-dealkylation sites (tertiary alicyclic amines) is 1. The summed E-state index contributed by atoms with van der Waals surface area (Å²) in [6, 6.07) is 9.28. The van der Waals surface area contributed by atoms with E-state index in [0.717, 1.165) is 31.0 Å². The smallest absolute Gasteiger partial charge is 0.407 e. The second kappa shape index (κ2) is 10.2. The molecule has 1 aromatic heterocycles. The summed E-state index contributed by atoms with van der Waals surface area (Å²) in [6.45, 7) is 3.06. The van der Waals surface area contributed by atoms with E-state index in [1.807, 2.05) is 31.3 Å². The van der Waals surface area contributed by atoms with Gasteiger partial charge in [0.1, 0.15) is 30.3 Å². The van der Waals surface area contributed by atoms with Gasteiger partial charge in [0.05, 0.1) is 11.6 Å². The van der Waals surface area contributed by atoms with E-state index in [1.54, 1.807) is 6.07 Å². The molecule has 1 saturated heterocycles. The number of carbonyl (C=O) groups is 1. The summed E-state index contributed by atoms with van der Waals surface area (Å²) < 4.78 is 5.67. The van der Waals surface area contributed by atoms with Gasteiger partial charge >= 0.3 is 6.09 Å². The molecule has 0 radical (unpaired) electrons. The number of nitrogens with one attached hydrogen (secondary N) is 1. The third-order valence-corrected chi connectivity index (χ3v) is 5.28. The van der Waals surface area contributed by atoms with Crippen molar-refractivity contribution < 1.29 is 14.6 Å². The minimum atomic E-state index is -0.832. The van der Waals surface area contributed by atoms with Gasteiger partial charge < -0.3 is 25.0 Å². The first kappa shape index (κ1) is 21.0. The lowest BCUT2D eigenvalue weighted by molar-refractivity contribution is 0.125. The number of piperidine rings is 1. The second-order valence-electron chi connectivity index (χ2n) is 7.06. The van der Waals surface area contributed by atoms with Crippen molar-refractivity contribution in [3.63, 3.8) is 0 Å². The summed E-state index contributed by atoms with van der Waals surface area (Å²) in [5.41, 5.74) is 0. The van der Waals surface area contributed by atoms with Gasteiger partial charge in [0, 0.05) is 32.7 Å². The summed E-state index contributed by atoms with van der Waals surface area (Å²) in [7, 11) is 2.00. The van der Waals surface area contributed by atoms with E-state index in [-0.39, 0.29) is 0 Å². The highest BCUT2D eigenvalue weighted by Gasteiger charge is 2.23. The molecule has 0 atom stereocenters. The molecule has 0 bridgehead atoms. The first-order valence-corrected chi connectivity index (χ1v) is 10.0. The number of hydrogen-bond acceptors (Lipinski definition) is 6. The van der Waals surface area contributed by atoms with E-state index in [2.05, 4.69) is 20.2 Å². The van der Waals surface area contributed by atoms with Crippen LogP contribution in [0.5, 0.6) is 5.75 Å². The number of aromatic nitrogens is 2. The van der Waals surface area contributed by atoms with Gasteiger partial charge in [-0.1, -0.05) is 23.7 Å². The van der Waals surface area contributed by atoms with E-state index in [0.29, 0.717) is 42.9 Å². The van der Waals surface area contributed by atoms with Gasteiger partial charge in [0.15, 0.2) is 0 Å². The number of para-hydroxylation sites is 1. The number of benzene rings is 1. The molecular weight excluding hydrogens is 394 g/mol. The van der Waals surface area contributed by atoms with Crippen LogP contribution in [0.25, 0.3) is 0 Å². The molecule has 1 amide bonds. The SMILES string of the molecule is CN(CC1CCN(C(=O)O)CC1)c1cc(NCCOc2ccccc2Cl)ncn1. The average Bonchev–Trinajstić information content (AvgIpc) is 2.73. The normalized spacial score (nSPS) is 14.5. The Hall–Kier alpha value is -2.74. The Morgan fingerprint density at radius 3 is 2.83 bits per heavy atom. The average molecular weight is 420 g/mol. The molecule has 2 N–H and O–H groups in total. The van der Waals surface area contributed by atoms with Crippen LogP contribution < -0.4 is 15.0 Å². The molecule has 0 saturated carbocycles. The summed E-state index contributed by atoms with van der Waals surface area (Å²) in [6.07, 6.45) is 2.44. The maximum absolute atomic E-state index is 11.0. The molecule has 156 valence electrons. The van der Waals surface area contributed by atoms with Crippen LogP contribution in [0.2, 0.25) is 5.02 Å². The Morgan fingerprint density at radius 1 is 1.34 bits per heavy atom. The van der Waals surface area contributed by atoms with Crippen molar-refractivity contribution in [3.05, 3.63) is 41.7 Å². The zero-order chi connectivity index (χ0) is 20.6. The fraction of sp³-hybridized carbons (Fsp3) is 0.450. The van der Waals surface area contributed by atoms with E-state index in [4.69, 9.17) is 21.4 Å². The van der Waals surface area contributed by atoms with Crippen molar-refractivity contribution >= 4 is 29.3 Å². The molecule has 1 fully saturated rings. The molecule has 0 aliphatic carbocycles. The van der Waals surface area contributed by atoms with E-state index >= 15 is 0 Å². The van der Waals surface area contributed by atoms with Crippen molar-refractivity contribution in [3.8, 4) is 5.75 Å². The molecule has 0 spiro atoms. The van der Waals surface area contributed by atoms with Crippen molar-refractivity contribution in [1.82, 2.24) is 14.9 Å². The Kier molecular flexibility index (Phi) is 7.35. The lowest BCUT2D eigenvalue weighted by Gasteiger charge is -2.32. The largest absolute Gasteiger partial charge is 0.490 e. The number of rotatable bonds is 8. The van der Waals surface area contributed by atoms with Crippen LogP contribution in [0.15, 0.2) is 36.7 Å². The number of carboxylic acid groups (broad SMARTS) is 1. The molecule has 1 aliphatic heterocycles. The number of hydrogen-bond donors (Lipinski definition) is 2. The van der Waals surface area contributed by atoms with Crippen LogP contribution in [0.4, 0.5) is 16.4 Å². The number of anilines is 2. The Bertz CT molecular complexity index is 814. The molecule has 1 aliphatic rings. The van der Waals surface area contributed by atoms with E-state index < -0.39 is 6.09 Å². The Labute approximate surface area is 175 Å². The summed E-state index contributed by atoms with van der Waals surface area (Å²) in [4.78, 5) is 23.2. The van der Waals surface area contributed by atoms with Crippen LogP contribution in [0.1, 0.15) is 12.8 Å². The fourth-order valence-corrected chi connectivity index (χ4v) is 3.53. The first-order chi connectivity index (χ1) is 14.0. The van der Waals surface area contributed by atoms with Crippen molar-refractivity contribution in [1.29, 1.82) is 0 Å². The number of nitrogens with zero attached hydrogens (tertiary/aromatic N) is 4. The van der Waals surface area contributed by atoms with Crippen molar-refractivity contribution in [2.24, 2.45) is 5.92 Å². The molecule has 9 heteroatoms. The third-order valence-electron chi connectivity index (χ3n) is 4.96. The maximum atomic E-state index is 11.0. The monoisotopic (exact) mass is 419 g/mol. The molecular formula is C20H26ClN5O3. The van der Waals surface area contributed by atoms with Crippen LogP contribution in [0, 0.1) is 5.92 Å². The zero-order valence-corrected chi connectivity index (χ0v) is 17.2. The molecule has 2 aromatic rings. The van der Waals surface area contributed by atoms with Gasteiger partial charge in [-0.25, -0.2) is 14.8 Å². The van der Waals surface area contributed by atoms with Gasteiger partial charge in [-0.05, 0) is 30.9 Å². The second-order valence-corrected chi connectivity index (χ2v) is 7.47. The summed E-state index contributed by atoms with van der Waals surface area (Å²) >= 11 is 6.08. The van der Waals surface area contributed by atoms with Gasteiger partial charge in [-0.15, -0.1) is 0 Å². The van der Waals surface area contributed by atoms with Gasteiger partial charge in [0.2, 0.25) is 0 Å². The highest BCUT2D eigenvalue weighted by molar-refractivity contribution is 6.32. The highest BCUT2D eigenvalue weighted by Crippen LogP contribution is 2.23. The number of halogens is 1. The van der Waals surface area contributed by atoms with Crippen LogP contribution in [-0.2, 0) is 0 Å². The zero-order valence-electron chi connectivity index (χ0n) is 16.4. The predicted octanol–water partition coefficient (Wildman–Crippen LogP) is 3.45. The quantitative estimate of drug-likeness (QED) is 0.633. The standard InChI is InChI=1S/C20H26ClN5O3/c1-25(13-15-6-9-26(10-7-15)20(27)28)19-12-18(23-14-24-19)22-8-11-29-17-5-3-2-4-16(17)21/h2-5,12,14-15H,6-11,13H2,1H3,(H,27,28)(H,22,23,24). The highest BCUT2D eigenvalue weighted by atomic mass is 35.5. The molecule has 8 nitrogen and oxygen atoms in total. The number of ether oxygens (including phenoxy) is 1.